The predicted octanol–water partition coefficient (Wildman–Crippen LogP) is 2.80. The second-order valence-electron chi connectivity index (χ2n) is 6.92. The van der Waals surface area contributed by atoms with Gasteiger partial charge in [-0.05, 0) is 50.5 Å². The fourth-order valence-corrected chi connectivity index (χ4v) is 3.32. The van der Waals surface area contributed by atoms with Crippen LogP contribution in [0.15, 0.2) is 29.1 Å². The van der Waals surface area contributed by atoms with Gasteiger partial charge in [0.1, 0.15) is 5.56 Å². The summed E-state index contributed by atoms with van der Waals surface area (Å²) >= 11 is 0. The minimum atomic E-state index is -4.38. The number of carbonyl (C=O) groups excluding carboxylic acids is 1. The molecule has 1 fully saturated rings. The lowest BCUT2D eigenvalue weighted by Crippen LogP contribution is -2.46. The first kappa shape index (κ1) is 19.9. The molecule has 1 aliphatic rings. The molecule has 1 aromatic heterocycles. The number of benzene rings is 1. The lowest BCUT2D eigenvalue weighted by molar-refractivity contribution is -0.137. The number of hydrogen-bond acceptors (Lipinski definition) is 4. The molecular weight excluding hydrogens is 373 g/mol. The number of rotatable bonds is 3. The zero-order valence-electron chi connectivity index (χ0n) is 15.6. The second-order valence-corrected chi connectivity index (χ2v) is 6.92. The third kappa shape index (κ3) is 4.18. The fraction of sp³-hybridized carbons (Fsp3) is 0.421. The van der Waals surface area contributed by atoms with Crippen molar-refractivity contribution >= 4 is 11.6 Å². The van der Waals surface area contributed by atoms with Crippen LogP contribution in [0.4, 0.5) is 18.9 Å². The molecule has 0 spiro atoms. The van der Waals surface area contributed by atoms with E-state index in [1.165, 1.54) is 6.07 Å². The molecule has 1 aromatic carbocycles. The lowest BCUT2D eigenvalue weighted by atomic mass is 10.0. The van der Waals surface area contributed by atoms with Crippen molar-refractivity contribution in [1.82, 2.24) is 15.5 Å². The summed E-state index contributed by atoms with van der Waals surface area (Å²) in [5, 5.41) is 9.00. The van der Waals surface area contributed by atoms with Gasteiger partial charge in [-0.25, -0.2) is 5.10 Å². The first-order valence-corrected chi connectivity index (χ1v) is 8.96. The Morgan fingerprint density at radius 1 is 1.25 bits per heavy atom. The number of hydrogen-bond donors (Lipinski definition) is 2. The molecule has 2 N–H and O–H groups in total. The minimum Gasteiger partial charge on any atom is -0.371 e. The molecule has 0 radical (unpaired) electrons. The van der Waals surface area contributed by atoms with Crippen molar-refractivity contribution in [1.29, 1.82) is 0 Å². The van der Waals surface area contributed by atoms with E-state index in [2.05, 4.69) is 15.5 Å². The summed E-state index contributed by atoms with van der Waals surface area (Å²) in [4.78, 5) is 26.3. The van der Waals surface area contributed by atoms with Crippen LogP contribution in [-0.2, 0) is 6.18 Å². The van der Waals surface area contributed by atoms with Crippen molar-refractivity contribution in [3.63, 3.8) is 0 Å². The topological polar surface area (TPSA) is 78.1 Å². The summed E-state index contributed by atoms with van der Waals surface area (Å²) in [5.41, 5.74) is 0.446. The Bertz CT molecular complexity index is 932. The molecular formula is C19H21F3N4O2. The smallest absolute Gasteiger partial charge is 0.371 e. The number of aromatic amines is 1. The molecule has 0 saturated carbocycles. The average molecular weight is 394 g/mol. The molecule has 6 nitrogen and oxygen atoms in total. The molecule has 28 heavy (non-hydrogen) atoms. The molecule has 3 rings (SSSR count). The van der Waals surface area contributed by atoms with Crippen LogP contribution in [0, 0.1) is 13.8 Å². The highest BCUT2D eigenvalue weighted by atomic mass is 19.4. The number of aromatic nitrogens is 2. The van der Waals surface area contributed by atoms with Crippen LogP contribution >= 0.6 is 0 Å². The van der Waals surface area contributed by atoms with E-state index in [0.29, 0.717) is 42.9 Å². The number of H-pyrrole nitrogens is 1. The highest BCUT2D eigenvalue weighted by molar-refractivity contribution is 5.95. The molecule has 1 saturated heterocycles. The van der Waals surface area contributed by atoms with Gasteiger partial charge in [-0.1, -0.05) is 6.07 Å². The molecule has 2 aromatic rings. The van der Waals surface area contributed by atoms with Gasteiger partial charge in [0.2, 0.25) is 0 Å². The standard InChI is InChI=1S/C19H21F3N4O2/c1-11-12(2)24-25-18(28)16(11)17(27)23-14-6-8-26(9-7-14)15-5-3-4-13(10-15)19(20,21)22/h3-5,10,14H,6-9H2,1-2H3,(H,23,27)(H,25,28). The highest BCUT2D eigenvalue weighted by Crippen LogP contribution is 2.32. The number of nitrogens with one attached hydrogen (secondary N) is 2. The van der Waals surface area contributed by atoms with Crippen LogP contribution in [0.25, 0.3) is 0 Å². The maximum Gasteiger partial charge on any atom is 0.416 e. The Hall–Kier alpha value is -2.84. The van der Waals surface area contributed by atoms with Gasteiger partial charge < -0.3 is 10.2 Å². The summed E-state index contributed by atoms with van der Waals surface area (Å²) in [6.45, 7) is 4.40. The number of aryl methyl sites for hydroxylation is 1. The maximum atomic E-state index is 12.9. The van der Waals surface area contributed by atoms with Gasteiger partial charge in [0, 0.05) is 24.8 Å². The number of anilines is 1. The first-order valence-electron chi connectivity index (χ1n) is 8.96. The van der Waals surface area contributed by atoms with Gasteiger partial charge in [-0.3, -0.25) is 9.59 Å². The molecule has 1 aliphatic heterocycles. The van der Waals surface area contributed by atoms with E-state index >= 15 is 0 Å². The zero-order chi connectivity index (χ0) is 20.5. The molecule has 150 valence electrons. The Morgan fingerprint density at radius 2 is 1.93 bits per heavy atom. The van der Waals surface area contributed by atoms with E-state index in [1.54, 1.807) is 19.9 Å². The quantitative estimate of drug-likeness (QED) is 0.839. The van der Waals surface area contributed by atoms with Gasteiger partial charge >= 0.3 is 6.18 Å². The summed E-state index contributed by atoms with van der Waals surface area (Å²) in [6, 6.07) is 5.08. The third-order valence-corrected chi connectivity index (χ3v) is 5.07. The highest BCUT2D eigenvalue weighted by Gasteiger charge is 2.31. The Morgan fingerprint density at radius 3 is 2.57 bits per heavy atom. The summed E-state index contributed by atoms with van der Waals surface area (Å²) in [7, 11) is 0. The number of carbonyl (C=O) groups is 1. The SMILES string of the molecule is Cc1n[nH]c(=O)c(C(=O)NC2CCN(c3cccc(C(F)(F)F)c3)CC2)c1C. The van der Waals surface area contributed by atoms with Gasteiger partial charge in [-0.2, -0.15) is 18.3 Å². The zero-order valence-corrected chi connectivity index (χ0v) is 15.6. The van der Waals surface area contributed by atoms with E-state index in [-0.39, 0.29) is 11.6 Å². The van der Waals surface area contributed by atoms with Gasteiger partial charge in [0.25, 0.3) is 11.5 Å². The van der Waals surface area contributed by atoms with Crippen molar-refractivity contribution in [2.24, 2.45) is 0 Å². The molecule has 2 heterocycles. The molecule has 0 bridgehead atoms. The normalized spacial score (nSPS) is 15.5. The van der Waals surface area contributed by atoms with E-state index in [4.69, 9.17) is 0 Å². The van der Waals surface area contributed by atoms with Crippen molar-refractivity contribution in [2.45, 2.75) is 38.9 Å². The van der Waals surface area contributed by atoms with E-state index in [9.17, 15) is 22.8 Å². The van der Waals surface area contributed by atoms with Crippen LogP contribution < -0.4 is 15.8 Å². The van der Waals surface area contributed by atoms with E-state index in [1.807, 2.05) is 4.90 Å². The monoisotopic (exact) mass is 394 g/mol. The Balaban J connectivity index is 1.64. The van der Waals surface area contributed by atoms with E-state index in [0.717, 1.165) is 12.1 Å². The van der Waals surface area contributed by atoms with Crippen LogP contribution in [0.3, 0.4) is 0 Å². The van der Waals surface area contributed by atoms with Crippen LogP contribution in [0.2, 0.25) is 0 Å². The summed E-state index contributed by atoms with van der Waals surface area (Å²) in [5.74, 6) is -0.457. The first-order chi connectivity index (χ1) is 13.2. The van der Waals surface area contributed by atoms with Crippen molar-refractivity contribution in [3.05, 3.63) is 57.0 Å². The number of piperidine rings is 1. The summed E-state index contributed by atoms with van der Waals surface area (Å²) < 4.78 is 38.7. The molecule has 0 aliphatic carbocycles. The molecule has 1 amide bonds. The third-order valence-electron chi connectivity index (χ3n) is 5.07. The van der Waals surface area contributed by atoms with Crippen molar-refractivity contribution < 1.29 is 18.0 Å². The van der Waals surface area contributed by atoms with Crippen molar-refractivity contribution in [3.8, 4) is 0 Å². The summed E-state index contributed by atoms with van der Waals surface area (Å²) in [6.07, 6.45) is -3.23. The number of nitrogens with zero attached hydrogens (tertiary/aromatic N) is 2. The average Bonchev–Trinajstić information content (AvgIpc) is 2.65. The van der Waals surface area contributed by atoms with Gasteiger partial charge in [0.05, 0.1) is 11.3 Å². The minimum absolute atomic E-state index is 0.0489. The van der Waals surface area contributed by atoms with Gasteiger partial charge in [0.15, 0.2) is 0 Å². The Labute approximate surface area is 159 Å². The van der Waals surface area contributed by atoms with Gasteiger partial charge in [-0.15, -0.1) is 0 Å². The lowest BCUT2D eigenvalue weighted by Gasteiger charge is -2.34. The van der Waals surface area contributed by atoms with Crippen molar-refractivity contribution in [2.75, 3.05) is 18.0 Å². The second kappa shape index (κ2) is 7.65. The number of amides is 1. The molecule has 9 heteroatoms. The molecule has 0 atom stereocenters. The number of alkyl halides is 3. The van der Waals surface area contributed by atoms with Crippen LogP contribution in [0.1, 0.15) is 40.0 Å². The largest absolute Gasteiger partial charge is 0.416 e. The maximum absolute atomic E-state index is 12.9. The van der Waals surface area contributed by atoms with E-state index < -0.39 is 23.2 Å². The fourth-order valence-electron chi connectivity index (χ4n) is 3.32. The van der Waals surface area contributed by atoms with Crippen LogP contribution in [-0.4, -0.2) is 35.2 Å². The number of halogens is 3. The molecule has 0 unspecified atom stereocenters. The Kier molecular flexibility index (Phi) is 5.44. The van der Waals surface area contributed by atoms with Crippen LogP contribution in [0.5, 0.6) is 0 Å². The predicted molar refractivity (Wildman–Crippen MR) is 98.5 cm³/mol.